The Morgan fingerprint density at radius 2 is 1.95 bits per heavy atom. The van der Waals surface area contributed by atoms with E-state index in [2.05, 4.69) is 0 Å². The minimum Gasteiger partial charge on any atom is -0.345 e. The van der Waals surface area contributed by atoms with Gasteiger partial charge in [0.25, 0.3) is 0 Å². The largest absolute Gasteiger partial charge is 0.345 e. The van der Waals surface area contributed by atoms with Crippen LogP contribution in [0.15, 0.2) is 48.5 Å². The molecule has 4 nitrogen and oxygen atoms in total. The highest BCUT2D eigenvalue weighted by atomic mass is 35.5. The van der Waals surface area contributed by atoms with E-state index in [1.165, 1.54) is 0 Å². The highest BCUT2D eigenvalue weighted by Gasteiger charge is 2.53. The molecule has 1 atom stereocenters. The highest BCUT2D eigenvalue weighted by Crippen LogP contribution is 2.48. The number of amides is 2. The monoisotopic (exact) mass is 314 g/mol. The minimum atomic E-state index is -0.884. The van der Waals surface area contributed by atoms with Crippen LogP contribution in [0.25, 0.3) is 0 Å². The van der Waals surface area contributed by atoms with Crippen molar-refractivity contribution in [1.82, 2.24) is 4.90 Å². The molecule has 0 N–H and O–H groups in total. The number of anilines is 1. The van der Waals surface area contributed by atoms with E-state index >= 15 is 0 Å². The van der Waals surface area contributed by atoms with Crippen LogP contribution in [0.4, 0.5) is 10.5 Å². The molecule has 1 fully saturated rings. The fraction of sp³-hybridized carbons (Fsp3) is 0.235. The van der Waals surface area contributed by atoms with Gasteiger partial charge in [-0.3, -0.25) is 9.80 Å². The SMILES string of the molecule is CN1C(=O)N2CCOC2(c2ccccc2)c2cc(Cl)ccc21. The number of benzene rings is 2. The number of rotatable bonds is 1. The third-order valence-corrected chi connectivity index (χ3v) is 4.61. The van der Waals surface area contributed by atoms with E-state index in [1.54, 1.807) is 22.9 Å². The molecule has 2 heterocycles. The fourth-order valence-electron chi connectivity index (χ4n) is 3.39. The van der Waals surface area contributed by atoms with Gasteiger partial charge in [-0.15, -0.1) is 0 Å². The van der Waals surface area contributed by atoms with E-state index in [4.69, 9.17) is 16.3 Å². The highest BCUT2D eigenvalue weighted by molar-refractivity contribution is 6.30. The van der Waals surface area contributed by atoms with Crippen LogP contribution in [0.5, 0.6) is 0 Å². The molecule has 2 amide bonds. The lowest BCUT2D eigenvalue weighted by Crippen LogP contribution is -2.55. The molecule has 2 aromatic carbocycles. The molecule has 5 heteroatoms. The van der Waals surface area contributed by atoms with E-state index in [9.17, 15) is 4.79 Å². The molecule has 0 radical (unpaired) electrons. The van der Waals surface area contributed by atoms with Crippen molar-refractivity contribution in [2.75, 3.05) is 25.1 Å². The molecule has 2 aliphatic rings. The molecule has 0 bridgehead atoms. The van der Waals surface area contributed by atoms with E-state index < -0.39 is 5.72 Å². The predicted molar refractivity (Wildman–Crippen MR) is 85.1 cm³/mol. The first-order valence-electron chi connectivity index (χ1n) is 7.19. The Bertz CT molecular complexity index is 750. The summed E-state index contributed by atoms with van der Waals surface area (Å²) in [6.07, 6.45) is 0. The number of hydrogen-bond donors (Lipinski definition) is 0. The van der Waals surface area contributed by atoms with Crippen molar-refractivity contribution in [3.63, 3.8) is 0 Å². The molecule has 2 aromatic rings. The lowest BCUT2D eigenvalue weighted by atomic mass is 9.89. The van der Waals surface area contributed by atoms with Gasteiger partial charge in [0.1, 0.15) is 0 Å². The first-order chi connectivity index (χ1) is 10.6. The molecule has 0 saturated carbocycles. The smallest absolute Gasteiger partial charge is 0.327 e. The second-order valence-electron chi connectivity index (χ2n) is 5.51. The van der Waals surface area contributed by atoms with Crippen LogP contribution < -0.4 is 4.90 Å². The van der Waals surface area contributed by atoms with Gasteiger partial charge in [-0.1, -0.05) is 41.9 Å². The Labute approximate surface area is 133 Å². The summed E-state index contributed by atoms with van der Waals surface area (Å²) < 4.78 is 6.15. The standard InChI is InChI=1S/C17H15ClN2O2/c1-19-15-8-7-13(18)11-14(15)17(12-5-3-2-4-6-12)20(16(19)21)9-10-22-17/h2-8,11H,9-10H2,1H3. The van der Waals surface area contributed by atoms with E-state index in [0.29, 0.717) is 18.2 Å². The van der Waals surface area contributed by atoms with Crippen molar-refractivity contribution in [1.29, 1.82) is 0 Å². The van der Waals surface area contributed by atoms with Gasteiger partial charge in [0.05, 0.1) is 12.3 Å². The number of halogens is 1. The summed E-state index contributed by atoms with van der Waals surface area (Å²) in [7, 11) is 1.78. The Morgan fingerprint density at radius 3 is 2.73 bits per heavy atom. The van der Waals surface area contributed by atoms with Gasteiger partial charge >= 0.3 is 6.03 Å². The third kappa shape index (κ3) is 1.65. The topological polar surface area (TPSA) is 32.8 Å². The Kier molecular flexibility index (Phi) is 2.93. The molecule has 0 aromatic heterocycles. The molecule has 22 heavy (non-hydrogen) atoms. The minimum absolute atomic E-state index is 0.0591. The van der Waals surface area contributed by atoms with Gasteiger partial charge < -0.3 is 4.74 Å². The van der Waals surface area contributed by atoms with Gasteiger partial charge in [0, 0.05) is 29.7 Å². The molecular formula is C17H15ClN2O2. The van der Waals surface area contributed by atoms with Crippen molar-refractivity contribution in [2.45, 2.75) is 5.72 Å². The summed E-state index contributed by atoms with van der Waals surface area (Å²) >= 11 is 6.22. The predicted octanol–water partition coefficient (Wildman–Crippen LogP) is 3.44. The van der Waals surface area contributed by atoms with Crippen LogP contribution in [-0.4, -0.2) is 31.1 Å². The molecule has 1 unspecified atom stereocenters. The summed E-state index contributed by atoms with van der Waals surface area (Å²) in [5.41, 5.74) is 1.80. The van der Waals surface area contributed by atoms with Crippen molar-refractivity contribution < 1.29 is 9.53 Å². The van der Waals surface area contributed by atoms with Gasteiger partial charge in [-0.2, -0.15) is 0 Å². The molecule has 0 spiro atoms. The molecule has 4 rings (SSSR count). The van der Waals surface area contributed by atoms with Gasteiger partial charge in [0.15, 0.2) is 5.72 Å². The number of hydrogen-bond acceptors (Lipinski definition) is 2. The van der Waals surface area contributed by atoms with E-state index in [-0.39, 0.29) is 6.03 Å². The molecule has 112 valence electrons. The quantitative estimate of drug-likeness (QED) is 0.807. The molecular weight excluding hydrogens is 300 g/mol. The number of ether oxygens (including phenoxy) is 1. The first-order valence-corrected chi connectivity index (χ1v) is 7.57. The fourth-order valence-corrected chi connectivity index (χ4v) is 3.56. The summed E-state index contributed by atoms with van der Waals surface area (Å²) in [4.78, 5) is 16.2. The summed E-state index contributed by atoms with van der Waals surface area (Å²) in [5.74, 6) is 0. The lowest BCUT2D eigenvalue weighted by molar-refractivity contribution is -0.0344. The average molecular weight is 315 g/mol. The molecule has 1 saturated heterocycles. The first kappa shape index (κ1) is 13.6. The van der Waals surface area contributed by atoms with Crippen molar-refractivity contribution >= 4 is 23.3 Å². The Morgan fingerprint density at radius 1 is 1.18 bits per heavy atom. The van der Waals surface area contributed by atoms with Crippen molar-refractivity contribution in [3.05, 3.63) is 64.7 Å². The van der Waals surface area contributed by atoms with E-state index in [1.807, 2.05) is 42.5 Å². The number of fused-ring (bicyclic) bond motifs is 3. The zero-order valence-corrected chi connectivity index (χ0v) is 12.9. The summed E-state index contributed by atoms with van der Waals surface area (Å²) in [6.45, 7) is 1.06. The third-order valence-electron chi connectivity index (χ3n) is 4.37. The second-order valence-corrected chi connectivity index (χ2v) is 5.95. The lowest BCUT2D eigenvalue weighted by Gasteiger charge is -2.45. The van der Waals surface area contributed by atoms with Gasteiger partial charge in [-0.05, 0) is 18.2 Å². The Balaban J connectivity index is 2.05. The maximum atomic E-state index is 12.8. The van der Waals surface area contributed by atoms with Crippen LogP contribution >= 0.6 is 11.6 Å². The van der Waals surface area contributed by atoms with Crippen LogP contribution in [0.1, 0.15) is 11.1 Å². The average Bonchev–Trinajstić information content (AvgIpc) is 3.00. The molecule has 2 aliphatic heterocycles. The second kappa shape index (κ2) is 4.73. The summed E-state index contributed by atoms with van der Waals surface area (Å²) in [6, 6.07) is 15.3. The number of nitrogens with zero attached hydrogens (tertiary/aromatic N) is 2. The van der Waals surface area contributed by atoms with Gasteiger partial charge in [0.2, 0.25) is 0 Å². The van der Waals surface area contributed by atoms with Crippen LogP contribution in [0, 0.1) is 0 Å². The number of urea groups is 1. The maximum Gasteiger partial charge on any atom is 0.327 e. The normalized spacial score (nSPS) is 23.5. The molecule has 0 aliphatic carbocycles. The van der Waals surface area contributed by atoms with Crippen molar-refractivity contribution in [2.24, 2.45) is 0 Å². The van der Waals surface area contributed by atoms with Crippen molar-refractivity contribution in [3.8, 4) is 0 Å². The van der Waals surface area contributed by atoms with Gasteiger partial charge in [-0.25, -0.2) is 4.79 Å². The van der Waals surface area contributed by atoms with Crippen LogP contribution in [0.3, 0.4) is 0 Å². The summed E-state index contributed by atoms with van der Waals surface area (Å²) in [5, 5.41) is 0.632. The number of carbonyl (C=O) groups is 1. The zero-order valence-electron chi connectivity index (χ0n) is 12.1. The van der Waals surface area contributed by atoms with Crippen LogP contribution in [-0.2, 0) is 10.5 Å². The maximum absolute atomic E-state index is 12.8. The van der Waals surface area contributed by atoms with E-state index in [0.717, 1.165) is 16.8 Å². The zero-order chi connectivity index (χ0) is 15.3. The Hall–Kier alpha value is -2.04. The van der Waals surface area contributed by atoms with Crippen LogP contribution in [0.2, 0.25) is 5.02 Å². The number of carbonyl (C=O) groups excluding carboxylic acids is 1.